The molecule has 1 aliphatic rings. The highest BCUT2D eigenvalue weighted by Crippen LogP contribution is 2.32. The monoisotopic (exact) mass is 485 g/mol. The van der Waals surface area contributed by atoms with Crippen LogP contribution in [0.3, 0.4) is 0 Å². The molecule has 0 spiro atoms. The molecule has 8 heteroatoms. The molecule has 1 fully saturated rings. The molecule has 0 bridgehead atoms. The fraction of sp³-hybridized carbons (Fsp3) is 0.259. The summed E-state index contributed by atoms with van der Waals surface area (Å²) < 4.78 is 0. The fourth-order valence-corrected chi connectivity index (χ4v) is 5.52. The molecule has 4 aromatic rings. The quantitative estimate of drug-likeness (QED) is 0.445. The lowest BCUT2D eigenvalue weighted by Crippen LogP contribution is -2.55. The first-order chi connectivity index (χ1) is 17.0. The Kier molecular flexibility index (Phi) is 6.57. The second kappa shape index (κ2) is 9.93. The Morgan fingerprint density at radius 2 is 1.89 bits per heavy atom. The van der Waals surface area contributed by atoms with Crippen molar-refractivity contribution in [3.8, 4) is 10.4 Å². The maximum atomic E-state index is 13.7. The normalized spacial score (nSPS) is 17.9. The average molecular weight is 486 g/mol. The van der Waals surface area contributed by atoms with Crippen molar-refractivity contribution in [1.29, 1.82) is 0 Å². The number of carbonyl (C=O) groups excluding carboxylic acids is 2. The van der Waals surface area contributed by atoms with E-state index in [4.69, 9.17) is 5.73 Å². The molecule has 7 nitrogen and oxygen atoms in total. The fourth-order valence-electron chi connectivity index (χ4n) is 4.60. The maximum Gasteiger partial charge on any atom is 0.274 e. The topological polar surface area (TPSA) is 101 Å². The molecule has 5 rings (SSSR count). The first-order valence-corrected chi connectivity index (χ1v) is 12.5. The second-order valence-electron chi connectivity index (χ2n) is 8.82. The molecule has 1 saturated heterocycles. The predicted molar refractivity (Wildman–Crippen MR) is 138 cm³/mol. The minimum absolute atomic E-state index is 0.104. The number of para-hydroxylation sites is 1. The summed E-state index contributed by atoms with van der Waals surface area (Å²) in [5.41, 5.74) is 8.86. The van der Waals surface area contributed by atoms with Gasteiger partial charge < -0.3 is 16.0 Å². The Bertz CT molecular complexity index is 1370. The Morgan fingerprint density at radius 3 is 2.71 bits per heavy atom. The van der Waals surface area contributed by atoms with Crippen LogP contribution >= 0.6 is 11.3 Å². The predicted octanol–water partition coefficient (Wildman–Crippen LogP) is 4.03. The van der Waals surface area contributed by atoms with E-state index >= 15 is 0 Å². The second-order valence-corrected chi connectivity index (χ2v) is 10.0. The number of nitrogens with zero attached hydrogens (tertiary/aromatic N) is 3. The molecule has 3 heterocycles. The van der Waals surface area contributed by atoms with E-state index in [0.717, 1.165) is 27.3 Å². The van der Waals surface area contributed by atoms with Crippen LogP contribution in [0.5, 0.6) is 0 Å². The molecule has 2 atom stereocenters. The minimum Gasteiger partial charge on any atom is -0.350 e. The molecule has 0 saturated carbocycles. The Morgan fingerprint density at radius 1 is 1.09 bits per heavy atom. The number of fused-ring (bicyclic) bond motifs is 1. The molecule has 1 aliphatic heterocycles. The number of piperidine rings is 1. The van der Waals surface area contributed by atoms with Crippen molar-refractivity contribution in [2.75, 3.05) is 13.1 Å². The molecule has 2 aromatic carbocycles. The molecule has 0 aliphatic carbocycles. The molecular weight excluding hydrogens is 458 g/mol. The number of hydrogen-bond acceptors (Lipinski definition) is 6. The number of rotatable bonds is 5. The zero-order chi connectivity index (χ0) is 24.4. The number of aromatic nitrogens is 2. The van der Waals surface area contributed by atoms with Crippen molar-refractivity contribution in [2.24, 2.45) is 5.73 Å². The van der Waals surface area contributed by atoms with E-state index in [1.165, 1.54) is 11.3 Å². The molecule has 0 radical (unpaired) electrons. The number of pyridine rings is 1. The highest BCUT2D eigenvalue weighted by molar-refractivity contribution is 7.15. The van der Waals surface area contributed by atoms with Crippen molar-refractivity contribution in [1.82, 2.24) is 20.2 Å². The zero-order valence-corrected chi connectivity index (χ0v) is 20.3. The van der Waals surface area contributed by atoms with Crippen molar-refractivity contribution in [2.45, 2.75) is 31.8 Å². The van der Waals surface area contributed by atoms with Gasteiger partial charge in [0.25, 0.3) is 11.8 Å². The van der Waals surface area contributed by atoms with E-state index in [-0.39, 0.29) is 23.9 Å². The van der Waals surface area contributed by atoms with Crippen LogP contribution in [0.15, 0.2) is 66.9 Å². The van der Waals surface area contributed by atoms with Gasteiger partial charge in [0, 0.05) is 36.8 Å². The minimum atomic E-state index is -0.203. The van der Waals surface area contributed by atoms with Gasteiger partial charge in [0.2, 0.25) is 0 Å². The number of hydrogen-bond donors (Lipinski definition) is 2. The van der Waals surface area contributed by atoms with Crippen molar-refractivity contribution in [3.05, 3.63) is 83.1 Å². The van der Waals surface area contributed by atoms with Gasteiger partial charge in [-0.25, -0.2) is 4.98 Å². The van der Waals surface area contributed by atoms with Gasteiger partial charge in [-0.05, 0) is 37.5 Å². The van der Waals surface area contributed by atoms with E-state index in [1.807, 2.05) is 61.5 Å². The number of nitrogens with one attached hydrogen (secondary N) is 1. The number of amides is 2. The largest absolute Gasteiger partial charge is 0.350 e. The standard InChI is InChI=1S/C27H27N5O2S/c1-17-31-24(25(35-17)19-7-3-2-4-8-19)27(34)32-16-20(28)12-13-21(32)15-30-26(33)22-11-5-9-18-10-6-14-29-23(18)22/h2-11,14,20-21H,12-13,15-16,28H2,1H3,(H,30,33)/t20?,21-/m0/s1. The Hall–Kier alpha value is -3.62. The van der Waals surface area contributed by atoms with Crippen molar-refractivity contribution in [3.63, 3.8) is 0 Å². The van der Waals surface area contributed by atoms with Gasteiger partial charge in [0.1, 0.15) is 5.69 Å². The number of nitrogens with two attached hydrogens (primary N) is 1. The van der Waals surface area contributed by atoms with Crippen LogP contribution in [-0.2, 0) is 0 Å². The molecule has 178 valence electrons. The maximum absolute atomic E-state index is 13.7. The van der Waals surface area contributed by atoms with Gasteiger partial charge in [-0.15, -0.1) is 11.3 Å². The summed E-state index contributed by atoms with van der Waals surface area (Å²) in [6.07, 6.45) is 3.19. The third-order valence-corrected chi connectivity index (χ3v) is 7.37. The van der Waals surface area contributed by atoms with Crippen LogP contribution in [0.2, 0.25) is 0 Å². The summed E-state index contributed by atoms with van der Waals surface area (Å²) in [5, 5.41) is 4.78. The lowest BCUT2D eigenvalue weighted by molar-refractivity contribution is 0.0574. The first-order valence-electron chi connectivity index (χ1n) is 11.7. The third kappa shape index (κ3) is 4.80. The smallest absolute Gasteiger partial charge is 0.274 e. The lowest BCUT2D eigenvalue weighted by atomic mass is 9.97. The highest BCUT2D eigenvalue weighted by atomic mass is 32.1. The molecule has 3 N–H and O–H groups in total. The van der Waals surface area contributed by atoms with Crippen LogP contribution in [0.25, 0.3) is 21.3 Å². The zero-order valence-electron chi connectivity index (χ0n) is 19.5. The summed E-state index contributed by atoms with van der Waals surface area (Å²) in [6.45, 7) is 2.68. The van der Waals surface area contributed by atoms with Crippen LogP contribution in [-0.4, -0.2) is 51.9 Å². The SMILES string of the molecule is Cc1nc(C(=O)N2CC(N)CC[C@H]2CNC(=O)c2cccc3cccnc23)c(-c2ccccc2)s1. The van der Waals surface area contributed by atoms with E-state index in [0.29, 0.717) is 36.3 Å². The average Bonchev–Trinajstić information content (AvgIpc) is 3.29. The molecule has 35 heavy (non-hydrogen) atoms. The van der Waals surface area contributed by atoms with Gasteiger partial charge in [0.05, 0.1) is 21.0 Å². The molecule has 1 unspecified atom stereocenters. The summed E-state index contributed by atoms with van der Waals surface area (Å²) in [5.74, 6) is -0.347. The Balaban J connectivity index is 1.37. The van der Waals surface area contributed by atoms with Crippen molar-refractivity contribution >= 4 is 34.1 Å². The Labute approximate surface area is 208 Å². The van der Waals surface area contributed by atoms with Crippen molar-refractivity contribution < 1.29 is 9.59 Å². The number of aryl methyl sites for hydroxylation is 1. The van der Waals surface area contributed by atoms with E-state index in [2.05, 4.69) is 15.3 Å². The number of likely N-dealkylation sites (tertiary alicyclic amines) is 1. The van der Waals surface area contributed by atoms with Gasteiger partial charge >= 0.3 is 0 Å². The van der Waals surface area contributed by atoms with Crippen LogP contribution < -0.4 is 11.1 Å². The van der Waals surface area contributed by atoms with Crippen LogP contribution in [0, 0.1) is 6.92 Å². The van der Waals surface area contributed by atoms with E-state index in [1.54, 1.807) is 17.2 Å². The molecule has 2 amide bonds. The summed E-state index contributed by atoms with van der Waals surface area (Å²) in [4.78, 5) is 38.4. The van der Waals surface area contributed by atoms with Crippen LogP contribution in [0.1, 0.15) is 38.7 Å². The van der Waals surface area contributed by atoms with Crippen LogP contribution in [0.4, 0.5) is 0 Å². The summed E-state index contributed by atoms with van der Waals surface area (Å²) in [7, 11) is 0. The van der Waals surface area contributed by atoms with Gasteiger partial charge in [-0.3, -0.25) is 14.6 Å². The number of carbonyl (C=O) groups is 2. The van der Waals surface area contributed by atoms with E-state index < -0.39 is 0 Å². The van der Waals surface area contributed by atoms with Gasteiger partial charge in [0.15, 0.2) is 0 Å². The molecule has 2 aromatic heterocycles. The summed E-state index contributed by atoms with van der Waals surface area (Å²) >= 11 is 1.51. The van der Waals surface area contributed by atoms with Gasteiger partial charge in [-0.1, -0.05) is 48.5 Å². The number of thiazole rings is 1. The molecular formula is C27H27N5O2S. The number of benzene rings is 2. The first kappa shape index (κ1) is 23.1. The third-order valence-electron chi connectivity index (χ3n) is 6.35. The lowest BCUT2D eigenvalue weighted by Gasteiger charge is -2.38. The summed E-state index contributed by atoms with van der Waals surface area (Å²) in [6, 6.07) is 18.9. The van der Waals surface area contributed by atoms with Gasteiger partial charge in [-0.2, -0.15) is 0 Å². The van der Waals surface area contributed by atoms with E-state index in [9.17, 15) is 9.59 Å². The highest BCUT2D eigenvalue weighted by Gasteiger charge is 2.33.